The van der Waals surface area contributed by atoms with Crippen LogP contribution in [0.15, 0.2) is 0 Å². The molecule has 0 spiro atoms. The van der Waals surface area contributed by atoms with Crippen molar-refractivity contribution in [2.24, 2.45) is 0 Å². The summed E-state index contributed by atoms with van der Waals surface area (Å²) in [6.07, 6.45) is 3.38. The number of hydrazine groups is 1. The van der Waals surface area contributed by atoms with Gasteiger partial charge in [0.15, 0.2) is 5.78 Å². The normalized spacial score (nSPS) is 23.1. The molecule has 1 saturated heterocycles. The highest BCUT2D eigenvalue weighted by Crippen LogP contribution is 2.22. The van der Waals surface area contributed by atoms with Gasteiger partial charge in [-0.25, -0.2) is 5.01 Å². The van der Waals surface area contributed by atoms with Crippen molar-refractivity contribution >= 4 is 11.7 Å². The van der Waals surface area contributed by atoms with E-state index in [2.05, 4.69) is 24.3 Å². The summed E-state index contributed by atoms with van der Waals surface area (Å²) in [4.78, 5) is 27.2. The van der Waals surface area contributed by atoms with E-state index in [0.717, 1.165) is 24.1 Å². The number of aryl methyl sites for hydroxylation is 1. The van der Waals surface area contributed by atoms with Gasteiger partial charge in [0, 0.05) is 23.3 Å². The van der Waals surface area contributed by atoms with Gasteiger partial charge in [0.1, 0.15) is 5.69 Å². The molecule has 0 aromatic carbocycles. The molecule has 1 aliphatic rings. The molecule has 0 bridgehead atoms. The molecule has 1 aromatic heterocycles. The smallest absolute Gasteiger partial charge is 0.282 e. The molecule has 0 saturated carbocycles. The largest absolute Gasteiger partial charge is 0.354 e. The number of ketones is 1. The Morgan fingerprint density at radius 1 is 1.19 bits per heavy atom. The number of piperidine rings is 1. The zero-order valence-corrected chi connectivity index (χ0v) is 13.5. The Kier molecular flexibility index (Phi) is 4.52. The molecule has 0 aliphatic carbocycles. The van der Waals surface area contributed by atoms with Crippen LogP contribution in [0.25, 0.3) is 0 Å². The van der Waals surface area contributed by atoms with Crippen molar-refractivity contribution in [1.82, 2.24) is 15.4 Å². The third-order valence-corrected chi connectivity index (χ3v) is 4.44. The summed E-state index contributed by atoms with van der Waals surface area (Å²) in [7, 11) is 0. The van der Waals surface area contributed by atoms with Gasteiger partial charge < -0.3 is 4.98 Å². The fraction of sp³-hybridized carbons (Fsp3) is 0.625. The highest BCUT2D eigenvalue weighted by Gasteiger charge is 2.28. The highest BCUT2D eigenvalue weighted by atomic mass is 16.2. The number of carbonyl (C=O) groups excluding carboxylic acids is 2. The van der Waals surface area contributed by atoms with Crippen LogP contribution in [0.3, 0.4) is 0 Å². The summed E-state index contributed by atoms with van der Waals surface area (Å²) in [6.45, 7) is 9.43. The van der Waals surface area contributed by atoms with Crippen molar-refractivity contribution in [3.63, 3.8) is 0 Å². The maximum atomic E-state index is 12.5. The zero-order chi connectivity index (χ0) is 15.7. The summed E-state index contributed by atoms with van der Waals surface area (Å²) in [6, 6.07) is 0.669. The minimum absolute atomic E-state index is 0.0139. The van der Waals surface area contributed by atoms with Gasteiger partial charge in [0.25, 0.3) is 5.91 Å². The molecular weight excluding hydrogens is 266 g/mol. The molecule has 1 aliphatic heterocycles. The third kappa shape index (κ3) is 3.02. The van der Waals surface area contributed by atoms with Crippen LogP contribution in [0, 0.1) is 13.8 Å². The minimum Gasteiger partial charge on any atom is -0.354 e. The Hall–Kier alpha value is -1.62. The van der Waals surface area contributed by atoms with Gasteiger partial charge in [-0.3, -0.25) is 15.0 Å². The molecule has 0 radical (unpaired) electrons. The van der Waals surface area contributed by atoms with E-state index < -0.39 is 0 Å². The number of Topliss-reactive ketones (excluding diaryl/α,β-unsaturated/α-hetero) is 1. The van der Waals surface area contributed by atoms with Gasteiger partial charge >= 0.3 is 0 Å². The number of carbonyl (C=O) groups is 2. The molecule has 2 N–H and O–H groups in total. The lowest BCUT2D eigenvalue weighted by Crippen LogP contribution is -2.54. The van der Waals surface area contributed by atoms with Crippen LogP contribution in [0.5, 0.6) is 0 Å². The van der Waals surface area contributed by atoms with E-state index in [4.69, 9.17) is 0 Å². The number of nitrogens with zero attached hydrogens (tertiary/aromatic N) is 1. The van der Waals surface area contributed by atoms with E-state index in [-0.39, 0.29) is 11.7 Å². The van der Waals surface area contributed by atoms with Crippen molar-refractivity contribution in [2.45, 2.75) is 66.0 Å². The van der Waals surface area contributed by atoms with Crippen LogP contribution in [-0.4, -0.2) is 33.8 Å². The first-order valence-corrected chi connectivity index (χ1v) is 7.62. The Morgan fingerprint density at radius 2 is 1.76 bits per heavy atom. The van der Waals surface area contributed by atoms with Gasteiger partial charge in [-0.1, -0.05) is 6.42 Å². The maximum Gasteiger partial charge on any atom is 0.282 e. The lowest BCUT2D eigenvalue weighted by Gasteiger charge is -2.38. The van der Waals surface area contributed by atoms with Crippen LogP contribution in [0.4, 0.5) is 0 Å². The second-order valence-electron chi connectivity index (χ2n) is 6.16. The first kappa shape index (κ1) is 15.8. The Balaban J connectivity index is 2.21. The van der Waals surface area contributed by atoms with Crippen LogP contribution >= 0.6 is 0 Å². The van der Waals surface area contributed by atoms with E-state index in [0.29, 0.717) is 23.3 Å². The quantitative estimate of drug-likeness (QED) is 0.842. The van der Waals surface area contributed by atoms with E-state index >= 15 is 0 Å². The fourth-order valence-electron chi connectivity index (χ4n) is 3.32. The van der Waals surface area contributed by atoms with Gasteiger partial charge in [0.2, 0.25) is 0 Å². The van der Waals surface area contributed by atoms with Crippen molar-refractivity contribution in [1.29, 1.82) is 0 Å². The molecule has 0 unspecified atom stereocenters. The highest BCUT2D eigenvalue weighted by molar-refractivity contribution is 6.02. The third-order valence-electron chi connectivity index (χ3n) is 4.44. The first-order valence-electron chi connectivity index (χ1n) is 7.62. The predicted octanol–water partition coefficient (Wildman–Crippen LogP) is 2.74. The van der Waals surface area contributed by atoms with E-state index in [1.165, 1.54) is 13.3 Å². The van der Waals surface area contributed by atoms with E-state index in [1.807, 2.05) is 18.9 Å². The number of aromatic nitrogens is 1. The molecule has 1 aromatic rings. The minimum atomic E-state index is -0.163. The summed E-state index contributed by atoms with van der Waals surface area (Å²) < 4.78 is 0. The van der Waals surface area contributed by atoms with Crippen LogP contribution in [0.2, 0.25) is 0 Å². The van der Waals surface area contributed by atoms with Gasteiger partial charge in [0.05, 0.1) is 0 Å². The van der Waals surface area contributed by atoms with E-state index in [1.54, 1.807) is 0 Å². The maximum absolute atomic E-state index is 12.5. The monoisotopic (exact) mass is 291 g/mol. The topological polar surface area (TPSA) is 65.2 Å². The summed E-state index contributed by atoms with van der Waals surface area (Å²) in [5.74, 6) is -0.177. The molecule has 1 fully saturated rings. The summed E-state index contributed by atoms with van der Waals surface area (Å²) in [5, 5.41) is 2.04. The number of aromatic amines is 1. The van der Waals surface area contributed by atoms with Gasteiger partial charge in [-0.05, 0) is 53.0 Å². The summed E-state index contributed by atoms with van der Waals surface area (Å²) >= 11 is 0. The molecule has 5 nitrogen and oxygen atoms in total. The lowest BCUT2D eigenvalue weighted by atomic mass is 10.00. The first-order chi connectivity index (χ1) is 9.82. The number of rotatable bonds is 3. The number of hydrogen-bond donors (Lipinski definition) is 2. The van der Waals surface area contributed by atoms with Gasteiger partial charge in [-0.2, -0.15) is 0 Å². The van der Waals surface area contributed by atoms with Crippen molar-refractivity contribution in [3.8, 4) is 0 Å². The molecule has 2 heterocycles. The fourth-order valence-corrected chi connectivity index (χ4v) is 3.32. The van der Waals surface area contributed by atoms with Crippen molar-refractivity contribution in [3.05, 3.63) is 22.5 Å². The number of amides is 1. The Bertz CT molecular complexity index is 552. The second kappa shape index (κ2) is 6.02. The van der Waals surface area contributed by atoms with Crippen LogP contribution in [0.1, 0.15) is 72.1 Å². The average Bonchev–Trinajstić information content (AvgIpc) is 2.69. The van der Waals surface area contributed by atoms with Crippen LogP contribution in [-0.2, 0) is 0 Å². The SMILES string of the molecule is CC(=O)c1c(C)[nH]c(C(=O)NN2[C@@H](C)CCC[C@@H]2C)c1C. The summed E-state index contributed by atoms with van der Waals surface area (Å²) in [5.41, 5.74) is 5.61. The van der Waals surface area contributed by atoms with Crippen molar-refractivity contribution in [2.75, 3.05) is 0 Å². The second-order valence-corrected chi connectivity index (χ2v) is 6.16. The molecule has 2 rings (SSSR count). The lowest BCUT2D eigenvalue weighted by molar-refractivity contribution is 0.0366. The number of nitrogens with one attached hydrogen (secondary N) is 2. The zero-order valence-electron chi connectivity index (χ0n) is 13.5. The Morgan fingerprint density at radius 3 is 2.24 bits per heavy atom. The Labute approximate surface area is 126 Å². The molecule has 5 heteroatoms. The number of hydrogen-bond acceptors (Lipinski definition) is 3. The average molecular weight is 291 g/mol. The molecule has 2 atom stereocenters. The molecular formula is C16H25N3O2. The predicted molar refractivity (Wildman–Crippen MR) is 82.4 cm³/mol. The van der Waals surface area contributed by atoms with Crippen molar-refractivity contribution < 1.29 is 9.59 Å². The molecule has 1 amide bonds. The van der Waals surface area contributed by atoms with E-state index in [9.17, 15) is 9.59 Å². The van der Waals surface area contributed by atoms with Gasteiger partial charge in [-0.15, -0.1) is 0 Å². The number of H-pyrrole nitrogens is 1. The molecule has 116 valence electrons. The molecule has 21 heavy (non-hydrogen) atoms. The van der Waals surface area contributed by atoms with Crippen LogP contribution < -0.4 is 5.43 Å². The standard InChI is InChI=1S/C16H25N3O2/c1-9-7-6-8-10(2)19(9)18-16(21)15-11(3)14(13(5)20)12(4)17-15/h9-10,17H,6-8H2,1-5H3,(H,18,21)/t9-,10-/m0/s1.